The summed E-state index contributed by atoms with van der Waals surface area (Å²) in [4.78, 5) is 116. The summed E-state index contributed by atoms with van der Waals surface area (Å²) in [7, 11) is 0. The van der Waals surface area contributed by atoms with Crippen LogP contribution in [0.25, 0.3) is 0 Å². The van der Waals surface area contributed by atoms with E-state index in [0.717, 1.165) is 0 Å². The molecule has 25 N–H and O–H groups in total. The van der Waals surface area contributed by atoms with Gasteiger partial charge in [-0.05, 0) is 57.6 Å². The van der Waals surface area contributed by atoms with Crippen molar-refractivity contribution in [3.8, 4) is 5.75 Å². The molecule has 1 aromatic carbocycles. The van der Waals surface area contributed by atoms with E-state index in [9.17, 15) is 48.6 Å². The van der Waals surface area contributed by atoms with Crippen LogP contribution in [0.1, 0.15) is 51.9 Å². The topological polar surface area (TPSA) is 506 Å². The second-order valence-corrected chi connectivity index (χ2v) is 14.0. The van der Waals surface area contributed by atoms with Crippen LogP contribution in [0.3, 0.4) is 0 Å². The van der Waals surface area contributed by atoms with E-state index in [1.54, 1.807) is 0 Å². The number of nitrogens with two attached hydrogens (primary N) is 8. The van der Waals surface area contributed by atoms with E-state index >= 15 is 0 Å². The van der Waals surface area contributed by atoms with Crippen molar-refractivity contribution >= 4 is 70.8 Å². The van der Waals surface area contributed by atoms with Gasteiger partial charge in [0.2, 0.25) is 47.3 Å². The molecule has 0 saturated carbocycles. The van der Waals surface area contributed by atoms with Crippen molar-refractivity contribution in [2.24, 2.45) is 60.8 Å². The molecule has 0 radical (unpaired) electrons. The Morgan fingerprint density at radius 3 is 1.47 bits per heavy atom. The summed E-state index contributed by atoms with van der Waals surface area (Å²) in [6, 6.07) is -1.61. The van der Waals surface area contributed by atoms with Crippen LogP contribution in [0.15, 0.2) is 39.2 Å². The largest absolute Gasteiger partial charge is 0.506 e. The lowest BCUT2D eigenvalue weighted by Gasteiger charge is -2.26. The lowest BCUT2D eigenvalue weighted by molar-refractivity contribution is -0.135. The Labute approximate surface area is 368 Å². The number of aliphatic hydroxyl groups excluding tert-OH is 1. The highest BCUT2D eigenvalue weighted by molar-refractivity contribution is 6.01. The minimum absolute atomic E-state index is 0.00910. The number of primary amides is 1. The molecule has 6 atom stereocenters. The molecule has 0 aliphatic rings. The normalized spacial score (nSPS) is 13.4. The Kier molecular flexibility index (Phi) is 24.6. The van der Waals surface area contributed by atoms with E-state index in [2.05, 4.69) is 52.2 Å². The standard InChI is InChI=1S/C36H62N18O10/c1-18(55)28(54-31(62)21(49-26(58)16-37)9-5-13-46-35(41)42)33(64)48-17-27(59)50-20(8-4-12-45-34(39)40)29(60)52-22(10-6-14-47-36(43)44)30(61)53-23(15-25(38)57)32(63)51-19-7-2-3-11-24(19)56/h2-3,7,11,18,20-23,28,55-56H,4-6,8-10,12-17,37H2,1H3,(H2,38,57)(H,48,64)(H,49,58)(H,50,59)(H,51,63)(H,52,60)(H,53,61)(H,54,62)(H4,39,40,45)(H4,41,42,46)(H4,43,44,47)/t18-,20+,21+,22+,23+,28+/m1/s1. The second kappa shape index (κ2) is 28.9. The van der Waals surface area contributed by atoms with Crippen molar-refractivity contribution < 1.29 is 48.6 Å². The van der Waals surface area contributed by atoms with Gasteiger partial charge in [-0.3, -0.25) is 53.3 Å². The number of guanidine groups is 3. The predicted molar refractivity (Wildman–Crippen MR) is 234 cm³/mol. The number of aromatic hydroxyl groups is 1. The molecule has 0 bridgehead atoms. The number of hydrogen-bond acceptors (Lipinski definition) is 14. The molecule has 8 amide bonds. The zero-order chi connectivity index (χ0) is 48.4. The Morgan fingerprint density at radius 2 is 1.03 bits per heavy atom. The SMILES string of the molecule is C[C@@H](O)[C@H](NC(=O)[C@H](CCCN=C(N)N)NC(=O)CN)C(=O)NCC(=O)N[C@@H](CCCN=C(N)N)C(=O)N[C@@H](CCCN=C(N)N)C(=O)N[C@@H](CC(N)=O)C(=O)Nc1ccccc1O. The summed E-state index contributed by atoms with van der Waals surface area (Å²) in [6.07, 6.45) is -1.99. The summed E-state index contributed by atoms with van der Waals surface area (Å²) < 4.78 is 0. The van der Waals surface area contributed by atoms with Crippen LogP contribution in [-0.2, 0) is 38.4 Å². The van der Waals surface area contributed by atoms with Crippen LogP contribution in [0.5, 0.6) is 5.75 Å². The van der Waals surface area contributed by atoms with Gasteiger partial charge >= 0.3 is 0 Å². The lowest BCUT2D eigenvalue weighted by Crippen LogP contribution is -2.59. The maximum atomic E-state index is 13.8. The van der Waals surface area contributed by atoms with E-state index in [4.69, 9.17) is 45.9 Å². The number of phenolic OH excluding ortho intramolecular Hbond substituents is 1. The number of nitrogens with one attached hydrogen (secondary N) is 7. The van der Waals surface area contributed by atoms with Crippen molar-refractivity contribution in [2.45, 2.75) is 88.2 Å². The molecule has 0 spiro atoms. The summed E-state index contributed by atoms with van der Waals surface area (Å²) in [5, 5.41) is 37.2. The fourth-order valence-corrected chi connectivity index (χ4v) is 5.51. The molecular formula is C36H62N18O10. The summed E-state index contributed by atoms with van der Waals surface area (Å²) in [5.41, 5.74) is 43.0. The maximum Gasteiger partial charge on any atom is 0.247 e. The van der Waals surface area contributed by atoms with Gasteiger partial charge in [0.25, 0.3) is 0 Å². The molecule has 0 heterocycles. The molecule has 0 aromatic heterocycles. The number of benzene rings is 1. The van der Waals surface area contributed by atoms with Gasteiger partial charge in [-0.15, -0.1) is 0 Å². The van der Waals surface area contributed by atoms with Crippen LogP contribution >= 0.6 is 0 Å². The number of carbonyl (C=O) groups excluding carboxylic acids is 8. The van der Waals surface area contributed by atoms with Gasteiger partial charge < -0.3 is 93.3 Å². The number of amides is 8. The van der Waals surface area contributed by atoms with Gasteiger partial charge in [0, 0.05) is 19.6 Å². The second-order valence-electron chi connectivity index (χ2n) is 14.0. The highest BCUT2D eigenvalue weighted by Gasteiger charge is 2.32. The Bertz CT molecular complexity index is 1850. The monoisotopic (exact) mass is 906 g/mol. The first kappa shape index (κ1) is 54.5. The van der Waals surface area contributed by atoms with E-state index in [-0.39, 0.29) is 87.5 Å². The van der Waals surface area contributed by atoms with Crippen molar-refractivity contribution in [3.05, 3.63) is 24.3 Å². The smallest absolute Gasteiger partial charge is 0.247 e. The van der Waals surface area contributed by atoms with Crippen LogP contribution in [0, 0.1) is 0 Å². The number of carbonyl (C=O) groups is 8. The van der Waals surface area contributed by atoms with Crippen molar-refractivity contribution in [1.82, 2.24) is 31.9 Å². The lowest BCUT2D eigenvalue weighted by atomic mass is 10.1. The Morgan fingerprint density at radius 1 is 0.594 bits per heavy atom. The number of para-hydroxylation sites is 2. The fourth-order valence-electron chi connectivity index (χ4n) is 5.51. The number of hydrogen-bond donors (Lipinski definition) is 17. The van der Waals surface area contributed by atoms with E-state index in [0.29, 0.717) is 0 Å². The maximum absolute atomic E-state index is 13.8. The molecule has 356 valence electrons. The van der Waals surface area contributed by atoms with Crippen LogP contribution in [-0.4, -0.2) is 144 Å². The van der Waals surface area contributed by atoms with Crippen molar-refractivity contribution in [2.75, 3.05) is 38.0 Å². The van der Waals surface area contributed by atoms with Crippen molar-refractivity contribution in [1.29, 1.82) is 0 Å². The van der Waals surface area contributed by atoms with E-state index < -0.39 is 103 Å². The third kappa shape index (κ3) is 22.4. The molecule has 28 nitrogen and oxygen atoms in total. The third-order valence-electron chi connectivity index (χ3n) is 8.64. The first-order valence-electron chi connectivity index (χ1n) is 19.8. The van der Waals surface area contributed by atoms with Crippen LogP contribution in [0.4, 0.5) is 5.69 Å². The molecule has 0 fully saturated rings. The van der Waals surface area contributed by atoms with E-state index in [1.807, 2.05) is 0 Å². The zero-order valence-electron chi connectivity index (χ0n) is 35.4. The quantitative estimate of drug-likeness (QED) is 0.0154. The molecule has 28 heteroatoms. The first-order chi connectivity index (χ1) is 30.1. The molecule has 1 aromatic rings. The summed E-state index contributed by atoms with van der Waals surface area (Å²) >= 11 is 0. The highest BCUT2D eigenvalue weighted by atomic mass is 16.3. The highest BCUT2D eigenvalue weighted by Crippen LogP contribution is 2.22. The zero-order valence-corrected chi connectivity index (χ0v) is 35.4. The third-order valence-corrected chi connectivity index (χ3v) is 8.64. The molecule has 0 saturated heterocycles. The number of anilines is 1. The molecule has 0 aliphatic heterocycles. The average Bonchev–Trinajstić information content (AvgIpc) is 3.21. The summed E-state index contributed by atoms with van der Waals surface area (Å²) in [5.74, 6) is -8.29. The number of rotatable bonds is 29. The van der Waals surface area contributed by atoms with Crippen LogP contribution in [0.2, 0.25) is 0 Å². The molecule has 1 rings (SSSR count). The Balaban J connectivity index is 3.27. The summed E-state index contributed by atoms with van der Waals surface area (Å²) in [6.45, 7) is 0.0809. The minimum Gasteiger partial charge on any atom is -0.506 e. The van der Waals surface area contributed by atoms with Crippen molar-refractivity contribution in [3.63, 3.8) is 0 Å². The van der Waals surface area contributed by atoms with Gasteiger partial charge in [0.05, 0.1) is 31.3 Å². The molecule has 64 heavy (non-hydrogen) atoms. The van der Waals surface area contributed by atoms with Gasteiger partial charge in [-0.2, -0.15) is 0 Å². The van der Waals surface area contributed by atoms with Gasteiger partial charge in [-0.1, -0.05) is 12.1 Å². The number of phenols is 1. The molecule has 0 unspecified atom stereocenters. The van der Waals surface area contributed by atoms with Crippen LogP contribution < -0.4 is 83.1 Å². The fraction of sp³-hybridized carbons (Fsp3) is 0.528. The molecule has 0 aliphatic carbocycles. The average molecular weight is 907 g/mol. The minimum atomic E-state index is -1.63. The Hall–Kier alpha value is -7.49. The number of nitrogens with zero attached hydrogens (tertiary/aromatic N) is 3. The number of aliphatic imine (C=N–C) groups is 3. The van der Waals surface area contributed by atoms with Gasteiger partial charge in [0.15, 0.2) is 17.9 Å². The predicted octanol–water partition coefficient (Wildman–Crippen LogP) is -7.75. The first-order valence-corrected chi connectivity index (χ1v) is 19.8. The molecular weight excluding hydrogens is 845 g/mol. The number of aliphatic hydroxyl groups is 1. The van der Waals surface area contributed by atoms with Gasteiger partial charge in [-0.25, -0.2) is 0 Å². The van der Waals surface area contributed by atoms with E-state index in [1.165, 1.54) is 31.2 Å². The van der Waals surface area contributed by atoms with Gasteiger partial charge in [0.1, 0.15) is 36.0 Å².